The average Bonchev–Trinajstić information content (AvgIpc) is 3.55. The number of ether oxygens (including phenoxy) is 1. The Labute approximate surface area is 271 Å². The van der Waals surface area contributed by atoms with Gasteiger partial charge >= 0.3 is 5.97 Å². The molecule has 5 rings (SSSR count). The molecule has 0 spiro atoms. The maximum atomic E-state index is 13.8. The summed E-state index contributed by atoms with van der Waals surface area (Å²) in [5.74, 6) is -0.352. The van der Waals surface area contributed by atoms with E-state index in [4.69, 9.17) is 9.15 Å². The molecule has 8 nitrogen and oxygen atoms in total. The summed E-state index contributed by atoms with van der Waals surface area (Å²) in [5, 5.41) is 0. The summed E-state index contributed by atoms with van der Waals surface area (Å²) in [5.41, 5.74) is 4.15. The summed E-state index contributed by atoms with van der Waals surface area (Å²) in [6, 6.07) is 24.9. The van der Waals surface area contributed by atoms with Crippen molar-refractivity contribution >= 4 is 49.6 Å². The molecule has 0 radical (unpaired) electrons. The van der Waals surface area contributed by atoms with Gasteiger partial charge in [-0.2, -0.15) is 4.31 Å². The number of hydrogen-bond donors (Lipinski definition) is 0. The fraction of sp³-hybridized carbons (Fsp3) is 0.200. The van der Waals surface area contributed by atoms with Gasteiger partial charge in [-0.05, 0) is 87.9 Å². The number of carbonyl (C=O) groups is 2. The van der Waals surface area contributed by atoms with Gasteiger partial charge in [0.1, 0.15) is 11.5 Å². The zero-order valence-electron chi connectivity index (χ0n) is 25.4. The van der Waals surface area contributed by atoms with Crippen molar-refractivity contribution < 1.29 is 27.2 Å². The van der Waals surface area contributed by atoms with Gasteiger partial charge in [-0.3, -0.25) is 9.69 Å². The van der Waals surface area contributed by atoms with Crippen LogP contribution < -0.4 is 4.90 Å². The highest BCUT2D eigenvalue weighted by molar-refractivity contribution is 9.10. The van der Waals surface area contributed by atoms with Gasteiger partial charge in [0.05, 0.1) is 29.2 Å². The van der Waals surface area contributed by atoms with E-state index in [-0.39, 0.29) is 35.7 Å². The Morgan fingerprint density at radius 1 is 0.889 bits per heavy atom. The summed E-state index contributed by atoms with van der Waals surface area (Å²) in [6.07, 6.45) is 1.50. The first-order valence-electron chi connectivity index (χ1n) is 14.4. The largest absolute Gasteiger partial charge is 0.462 e. The molecule has 0 saturated heterocycles. The zero-order valence-corrected chi connectivity index (χ0v) is 27.8. The standard InChI is InChI=1S/C35H33BrN2O6S/c1-5-43-35(40)33-25(4)38(28-14-12-27(36)13-15-28)34(39)32(33)20-29-16-17-30(44-29)22-37(21-26-10-6-23(2)7-11-26)45(41,42)31-18-8-24(3)9-19-31/h6-20H,5,21-22H2,1-4H3/b32-20+. The molecule has 45 heavy (non-hydrogen) atoms. The molecule has 0 atom stereocenters. The van der Waals surface area contributed by atoms with E-state index in [1.807, 2.05) is 50.2 Å². The van der Waals surface area contributed by atoms with Crippen molar-refractivity contribution in [2.24, 2.45) is 0 Å². The van der Waals surface area contributed by atoms with Crippen LogP contribution in [0.5, 0.6) is 0 Å². The lowest BCUT2D eigenvalue weighted by molar-refractivity contribution is -0.138. The molecule has 2 heterocycles. The number of nitrogens with zero attached hydrogens (tertiary/aromatic N) is 2. The van der Waals surface area contributed by atoms with Crippen LogP contribution in [0.1, 0.15) is 42.1 Å². The van der Waals surface area contributed by atoms with Crippen LogP contribution in [-0.2, 0) is 37.4 Å². The summed E-state index contributed by atoms with van der Waals surface area (Å²) in [4.78, 5) is 28.4. The average molecular weight is 690 g/mol. The van der Waals surface area contributed by atoms with Gasteiger partial charge in [0, 0.05) is 22.4 Å². The van der Waals surface area contributed by atoms with Crippen LogP contribution in [0.2, 0.25) is 0 Å². The molecule has 1 aliphatic rings. The lowest BCUT2D eigenvalue weighted by atomic mass is 10.1. The number of hydrogen-bond acceptors (Lipinski definition) is 6. The minimum atomic E-state index is -3.90. The second kappa shape index (κ2) is 13.4. The fourth-order valence-corrected chi connectivity index (χ4v) is 6.70. The van der Waals surface area contributed by atoms with E-state index in [2.05, 4.69) is 15.9 Å². The highest BCUT2D eigenvalue weighted by Crippen LogP contribution is 2.36. The molecule has 232 valence electrons. The molecular formula is C35H33BrN2O6S. The van der Waals surface area contributed by atoms with Crippen LogP contribution in [0.3, 0.4) is 0 Å². The summed E-state index contributed by atoms with van der Waals surface area (Å²) in [6.45, 7) is 7.49. The van der Waals surface area contributed by atoms with Crippen LogP contribution in [0.15, 0.2) is 116 Å². The van der Waals surface area contributed by atoms with Gasteiger partial charge in [0.15, 0.2) is 0 Å². The maximum Gasteiger partial charge on any atom is 0.340 e. The van der Waals surface area contributed by atoms with Gasteiger partial charge in [-0.15, -0.1) is 0 Å². The molecule has 0 aliphatic carbocycles. The van der Waals surface area contributed by atoms with Crippen molar-refractivity contribution in [3.63, 3.8) is 0 Å². The van der Waals surface area contributed by atoms with Gasteiger partial charge in [-0.1, -0.05) is 63.5 Å². The minimum Gasteiger partial charge on any atom is -0.462 e. The Morgan fingerprint density at radius 2 is 1.51 bits per heavy atom. The third-order valence-corrected chi connectivity index (χ3v) is 9.74. The number of allylic oxidation sites excluding steroid dienone is 1. The highest BCUT2D eigenvalue weighted by Gasteiger charge is 2.38. The van der Waals surface area contributed by atoms with Crippen LogP contribution in [0.4, 0.5) is 5.69 Å². The number of halogens is 1. The number of furan rings is 1. The Balaban J connectivity index is 1.48. The first-order valence-corrected chi connectivity index (χ1v) is 16.6. The second-order valence-corrected chi connectivity index (χ2v) is 13.6. The number of sulfonamides is 1. The molecule has 0 saturated carbocycles. The Morgan fingerprint density at radius 3 is 2.13 bits per heavy atom. The van der Waals surface area contributed by atoms with Crippen molar-refractivity contribution in [3.8, 4) is 0 Å². The fourth-order valence-electron chi connectivity index (χ4n) is 5.04. The number of anilines is 1. The number of benzene rings is 3. The number of amides is 1. The molecule has 10 heteroatoms. The second-order valence-electron chi connectivity index (χ2n) is 10.7. The minimum absolute atomic E-state index is 0.0498. The quantitative estimate of drug-likeness (QED) is 0.128. The van der Waals surface area contributed by atoms with E-state index in [0.29, 0.717) is 22.9 Å². The normalized spacial score (nSPS) is 14.6. The highest BCUT2D eigenvalue weighted by atomic mass is 79.9. The van der Waals surface area contributed by atoms with E-state index in [1.165, 1.54) is 15.3 Å². The Kier molecular flexibility index (Phi) is 9.57. The van der Waals surface area contributed by atoms with Crippen LogP contribution >= 0.6 is 15.9 Å². The van der Waals surface area contributed by atoms with Crippen molar-refractivity contribution in [2.45, 2.75) is 45.7 Å². The Hall–Kier alpha value is -4.25. The van der Waals surface area contributed by atoms with E-state index < -0.39 is 21.9 Å². The van der Waals surface area contributed by atoms with Crippen LogP contribution in [-0.4, -0.2) is 31.2 Å². The molecule has 1 amide bonds. The van der Waals surface area contributed by atoms with E-state index in [0.717, 1.165) is 21.2 Å². The topological polar surface area (TPSA) is 97.1 Å². The van der Waals surface area contributed by atoms with Crippen molar-refractivity contribution in [2.75, 3.05) is 11.5 Å². The van der Waals surface area contributed by atoms with Gasteiger partial charge in [0.25, 0.3) is 5.91 Å². The van der Waals surface area contributed by atoms with Gasteiger partial charge in [0.2, 0.25) is 10.0 Å². The van der Waals surface area contributed by atoms with Crippen LogP contribution in [0.25, 0.3) is 6.08 Å². The molecule has 0 bridgehead atoms. The summed E-state index contributed by atoms with van der Waals surface area (Å²) < 4.78 is 41.2. The molecule has 1 aliphatic heterocycles. The molecule has 1 aromatic heterocycles. The van der Waals surface area contributed by atoms with Crippen molar-refractivity contribution in [1.29, 1.82) is 0 Å². The summed E-state index contributed by atoms with van der Waals surface area (Å²) >= 11 is 3.41. The predicted molar refractivity (Wildman–Crippen MR) is 176 cm³/mol. The molecule has 0 fully saturated rings. The third kappa shape index (κ3) is 7.03. The number of esters is 1. The molecule has 3 aromatic carbocycles. The number of carbonyl (C=O) groups excluding carboxylic acids is 2. The SMILES string of the molecule is CCOC(=O)C1=C(C)N(c2ccc(Br)cc2)C(=O)/C1=C/c1ccc(CN(Cc2ccc(C)cc2)S(=O)(=O)c2ccc(C)cc2)o1. The van der Waals surface area contributed by atoms with E-state index >= 15 is 0 Å². The lowest BCUT2D eigenvalue weighted by Gasteiger charge is -2.21. The molecule has 4 aromatic rings. The third-order valence-electron chi connectivity index (χ3n) is 7.40. The molecule has 0 N–H and O–H groups in total. The predicted octanol–water partition coefficient (Wildman–Crippen LogP) is 7.32. The monoisotopic (exact) mass is 688 g/mol. The number of aryl methyl sites for hydroxylation is 2. The van der Waals surface area contributed by atoms with Gasteiger partial charge < -0.3 is 9.15 Å². The first-order chi connectivity index (χ1) is 21.5. The van der Waals surface area contributed by atoms with Crippen molar-refractivity contribution in [1.82, 2.24) is 4.31 Å². The smallest absolute Gasteiger partial charge is 0.340 e. The summed E-state index contributed by atoms with van der Waals surface area (Å²) in [7, 11) is -3.90. The van der Waals surface area contributed by atoms with E-state index in [9.17, 15) is 18.0 Å². The lowest BCUT2D eigenvalue weighted by Crippen LogP contribution is -2.30. The first kappa shape index (κ1) is 32.2. The van der Waals surface area contributed by atoms with Crippen molar-refractivity contribution in [3.05, 3.63) is 134 Å². The Bertz CT molecular complexity index is 1890. The van der Waals surface area contributed by atoms with Crippen LogP contribution in [0, 0.1) is 13.8 Å². The number of rotatable bonds is 10. The maximum absolute atomic E-state index is 13.8. The molecule has 0 unspecified atom stereocenters. The zero-order chi connectivity index (χ0) is 32.3. The molecular weight excluding hydrogens is 656 g/mol. The van der Waals surface area contributed by atoms with Gasteiger partial charge in [-0.25, -0.2) is 13.2 Å². The van der Waals surface area contributed by atoms with E-state index in [1.54, 1.807) is 62.4 Å².